The normalized spacial score (nSPS) is 11.3. The minimum absolute atomic E-state index is 0.148. The highest BCUT2D eigenvalue weighted by Gasteiger charge is 2.09. The zero-order chi connectivity index (χ0) is 24.5. The summed E-state index contributed by atoms with van der Waals surface area (Å²) < 4.78 is 0. The lowest BCUT2D eigenvalue weighted by Crippen LogP contribution is -2.29. The van der Waals surface area contributed by atoms with Crippen LogP contribution in [0.4, 0.5) is 0 Å². The largest absolute Gasteiger partial charge is 0.480 e. The maximum atomic E-state index is 11.3. The first-order chi connectivity index (χ1) is 15.3. The molecule has 0 saturated heterocycles. The quantitative estimate of drug-likeness (QED) is 0.161. The van der Waals surface area contributed by atoms with Crippen molar-refractivity contribution in [1.82, 2.24) is 5.32 Å². The average Bonchev–Trinajstić information content (AvgIpc) is 2.76. The molecule has 0 heterocycles. The van der Waals surface area contributed by atoms with Crippen molar-refractivity contribution in [2.45, 2.75) is 122 Å². The third kappa shape index (κ3) is 28.3. The zero-order valence-electron chi connectivity index (χ0n) is 20.3. The number of hydrogen-bond acceptors (Lipinski definition) is 5. The minimum atomic E-state index is -0.987. The number of unbranched alkanes of at least 4 members (excludes halogenated alkanes) is 13. The van der Waals surface area contributed by atoms with Crippen molar-refractivity contribution in [2.75, 3.05) is 13.1 Å². The summed E-state index contributed by atoms with van der Waals surface area (Å²) in [5.41, 5.74) is 10.4. The molecule has 0 unspecified atom stereocenters. The summed E-state index contributed by atoms with van der Waals surface area (Å²) in [6.45, 7) is 2.59. The fraction of sp³-hybridized carbons (Fsp3) is 0.875. The van der Waals surface area contributed by atoms with Crippen LogP contribution in [0.3, 0.4) is 0 Å². The molecule has 0 aromatic carbocycles. The Balaban J connectivity index is 0. The zero-order valence-corrected chi connectivity index (χ0v) is 20.3. The van der Waals surface area contributed by atoms with E-state index < -0.39 is 18.0 Å². The van der Waals surface area contributed by atoms with Gasteiger partial charge in [0.1, 0.15) is 12.6 Å². The molecule has 0 radical (unpaired) electrons. The van der Waals surface area contributed by atoms with Gasteiger partial charge in [0.2, 0.25) is 5.91 Å². The predicted molar refractivity (Wildman–Crippen MR) is 129 cm³/mol. The molecule has 0 aromatic rings. The van der Waals surface area contributed by atoms with Crippen LogP contribution in [0.15, 0.2) is 0 Å². The number of nitrogens with one attached hydrogen (secondary N) is 1. The molecule has 0 aliphatic rings. The molecule has 190 valence electrons. The molecule has 0 spiro atoms. The van der Waals surface area contributed by atoms with Crippen molar-refractivity contribution in [3.05, 3.63) is 0 Å². The van der Waals surface area contributed by atoms with Crippen LogP contribution in [0.25, 0.3) is 0 Å². The van der Waals surface area contributed by atoms with Crippen molar-refractivity contribution < 1.29 is 24.6 Å². The molecule has 0 saturated carbocycles. The molecule has 8 nitrogen and oxygen atoms in total. The molecule has 8 heteroatoms. The van der Waals surface area contributed by atoms with E-state index in [1.54, 1.807) is 0 Å². The molecule has 32 heavy (non-hydrogen) atoms. The second kappa shape index (κ2) is 25.6. The summed E-state index contributed by atoms with van der Waals surface area (Å²) in [4.78, 5) is 31.7. The van der Waals surface area contributed by atoms with E-state index in [0.717, 1.165) is 25.7 Å². The van der Waals surface area contributed by atoms with Gasteiger partial charge in [0.05, 0.1) is 0 Å². The van der Waals surface area contributed by atoms with E-state index in [0.29, 0.717) is 19.4 Å². The van der Waals surface area contributed by atoms with E-state index in [1.807, 2.05) is 0 Å². The van der Waals surface area contributed by atoms with Gasteiger partial charge in [-0.05, 0) is 25.8 Å². The standard InChI is InChI=1S/C18H35NO3.C6H14N2O2/c1-2-3-4-5-6-7-8-9-10-11-12-13-14-15-17(20)19-16-18(21)22;7-4-2-1-3-5(8)6(9)10/h2-16H2,1H3,(H,19,20)(H,21,22);5H,1-4,7-8H2,(H,9,10)/t;5-/m.0/s1. The molecule has 7 N–H and O–H groups in total. The summed E-state index contributed by atoms with van der Waals surface area (Å²) >= 11 is 0. The van der Waals surface area contributed by atoms with E-state index in [9.17, 15) is 14.4 Å². The van der Waals surface area contributed by atoms with Crippen molar-refractivity contribution >= 4 is 17.8 Å². The van der Waals surface area contributed by atoms with Crippen LogP contribution in [0, 0.1) is 0 Å². The minimum Gasteiger partial charge on any atom is -0.480 e. The number of rotatable bonds is 21. The number of aliphatic carboxylic acids is 2. The van der Waals surface area contributed by atoms with Crippen molar-refractivity contribution in [3.8, 4) is 0 Å². The van der Waals surface area contributed by atoms with Crippen LogP contribution >= 0.6 is 0 Å². The molecule has 1 atom stereocenters. The fourth-order valence-electron chi connectivity index (χ4n) is 3.20. The Hall–Kier alpha value is -1.67. The lowest BCUT2D eigenvalue weighted by atomic mass is 10.0. The molecule has 0 rings (SSSR count). The number of carbonyl (C=O) groups excluding carboxylic acids is 1. The van der Waals surface area contributed by atoms with Crippen LogP contribution in [0.2, 0.25) is 0 Å². The third-order valence-corrected chi connectivity index (χ3v) is 5.23. The lowest BCUT2D eigenvalue weighted by molar-refractivity contribution is -0.139. The average molecular weight is 460 g/mol. The number of nitrogens with two attached hydrogens (primary N) is 2. The Bertz CT molecular complexity index is 461. The lowest BCUT2D eigenvalue weighted by Gasteiger charge is -2.04. The first-order valence-corrected chi connectivity index (χ1v) is 12.5. The molecule has 1 amide bonds. The number of carboxylic acids is 2. The van der Waals surface area contributed by atoms with Gasteiger partial charge < -0.3 is 27.0 Å². The molecule has 0 aliphatic carbocycles. The summed E-state index contributed by atoms with van der Waals surface area (Å²) in [5.74, 6) is -2.07. The molecular formula is C24H49N3O5. The second-order valence-corrected chi connectivity index (χ2v) is 8.39. The summed E-state index contributed by atoms with van der Waals surface area (Å²) in [7, 11) is 0. The number of carboxylic acid groups (broad SMARTS) is 2. The molecule has 0 aliphatic heterocycles. The van der Waals surface area contributed by atoms with Crippen LogP contribution in [0.5, 0.6) is 0 Å². The fourth-order valence-corrected chi connectivity index (χ4v) is 3.20. The second-order valence-electron chi connectivity index (χ2n) is 8.39. The van der Waals surface area contributed by atoms with Gasteiger partial charge in [-0.15, -0.1) is 0 Å². The van der Waals surface area contributed by atoms with Crippen LogP contribution in [-0.2, 0) is 14.4 Å². The van der Waals surface area contributed by atoms with Gasteiger partial charge in [-0.3, -0.25) is 14.4 Å². The van der Waals surface area contributed by atoms with Crippen LogP contribution in [-0.4, -0.2) is 47.2 Å². The topological polar surface area (TPSA) is 156 Å². The maximum Gasteiger partial charge on any atom is 0.322 e. The highest BCUT2D eigenvalue weighted by Crippen LogP contribution is 2.12. The van der Waals surface area contributed by atoms with Crippen molar-refractivity contribution in [3.63, 3.8) is 0 Å². The number of carbonyl (C=O) groups is 3. The van der Waals surface area contributed by atoms with Gasteiger partial charge in [-0.2, -0.15) is 0 Å². The highest BCUT2D eigenvalue weighted by atomic mass is 16.4. The Kier molecular flexibility index (Phi) is 26.0. The van der Waals surface area contributed by atoms with Gasteiger partial charge in [0.15, 0.2) is 0 Å². The smallest absolute Gasteiger partial charge is 0.322 e. The van der Waals surface area contributed by atoms with E-state index in [1.165, 1.54) is 70.6 Å². The Morgan fingerprint density at radius 3 is 1.62 bits per heavy atom. The molecule has 0 bridgehead atoms. The van der Waals surface area contributed by atoms with Crippen molar-refractivity contribution in [2.24, 2.45) is 11.5 Å². The van der Waals surface area contributed by atoms with E-state index >= 15 is 0 Å². The van der Waals surface area contributed by atoms with Gasteiger partial charge in [-0.1, -0.05) is 90.4 Å². The van der Waals surface area contributed by atoms with Crippen LogP contribution < -0.4 is 16.8 Å². The Morgan fingerprint density at radius 1 is 0.750 bits per heavy atom. The van der Waals surface area contributed by atoms with E-state index in [2.05, 4.69) is 12.2 Å². The molecular weight excluding hydrogens is 410 g/mol. The molecule has 0 fully saturated rings. The monoisotopic (exact) mass is 459 g/mol. The van der Waals surface area contributed by atoms with E-state index in [-0.39, 0.29) is 12.5 Å². The summed E-state index contributed by atoms with van der Waals surface area (Å²) in [6, 6.07) is -0.716. The van der Waals surface area contributed by atoms with E-state index in [4.69, 9.17) is 21.7 Å². The number of amides is 1. The Labute approximate surface area is 194 Å². The van der Waals surface area contributed by atoms with Gasteiger partial charge in [-0.25, -0.2) is 0 Å². The summed E-state index contributed by atoms with van der Waals surface area (Å²) in [5, 5.41) is 19.1. The first-order valence-electron chi connectivity index (χ1n) is 12.5. The van der Waals surface area contributed by atoms with Gasteiger partial charge in [0.25, 0.3) is 0 Å². The maximum absolute atomic E-state index is 11.3. The SMILES string of the molecule is CCCCCCCCCCCCCCCC(=O)NCC(=O)O.NCCCC[C@H](N)C(=O)O. The van der Waals surface area contributed by atoms with Gasteiger partial charge in [0, 0.05) is 6.42 Å². The highest BCUT2D eigenvalue weighted by molar-refractivity contribution is 5.80. The van der Waals surface area contributed by atoms with Gasteiger partial charge >= 0.3 is 11.9 Å². The van der Waals surface area contributed by atoms with Crippen LogP contribution in [0.1, 0.15) is 116 Å². The first kappa shape index (κ1) is 32.5. The third-order valence-electron chi connectivity index (χ3n) is 5.23. The number of hydrogen-bond donors (Lipinski definition) is 5. The van der Waals surface area contributed by atoms with Crippen molar-refractivity contribution in [1.29, 1.82) is 0 Å². The molecule has 0 aromatic heterocycles. The predicted octanol–water partition coefficient (Wildman–Crippen LogP) is 4.20. The Morgan fingerprint density at radius 2 is 1.22 bits per heavy atom. The summed E-state index contributed by atoms with van der Waals surface area (Å²) in [6.07, 6.45) is 19.3.